The second-order valence-corrected chi connectivity index (χ2v) is 8.18. The second-order valence-electron chi connectivity index (χ2n) is 6.97. The van der Waals surface area contributed by atoms with Crippen LogP contribution in [0.5, 0.6) is 0 Å². The summed E-state index contributed by atoms with van der Waals surface area (Å²) < 4.78 is 4.78. The highest BCUT2D eigenvalue weighted by Crippen LogP contribution is 2.47. The van der Waals surface area contributed by atoms with E-state index in [1.54, 1.807) is 11.8 Å². The minimum Gasteiger partial charge on any atom is -0.481 e. The molecule has 0 heterocycles. The molecule has 0 aromatic rings. The molecule has 0 spiro atoms. The van der Waals surface area contributed by atoms with Gasteiger partial charge < -0.3 is 20.9 Å². The van der Waals surface area contributed by atoms with Crippen LogP contribution in [0, 0.1) is 11.8 Å². The lowest BCUT2D eigenvalue weighted by atomic mass is 10.0. The van der Waals surface area contributed by atoms with Crippen molar-refractivity contribution in [2.24, 2.45) is 17.6 Å². The van der Waals surface area contributed by atoms with Crippen molar-refractivity contribution in [3.8, 4) is 0 Å². The zero-order valence-corrected chi connectivity index (χ0v) is 15.4. The Morgan fingerprint density at radius 3 is 2.32 bits per heavy atom. The van der Waals surface area contributed by atoms with E-state index in [1.165, 1.54) is 45.6 Å². The molecule has 0 radical (unpaired) electrons. The monoisotopic (exact) mass is 372 g/mol. The van der Waals surface area contributed by atoms with Crippen molar-refractivity contribution in [2.75, 3.05) is 12.9 Å². The van der Waals surface area contributed by atoms with Gasteiger partial charge in [-0.3, -0.25) is 9.59 Å². The molecule has 2 rings (SSSR count). The second kappa shape index (κ2) is 9.43. The Bertz CT molecular complexity index is 491. The van der Waals surface area contributed by atoms with Crippen molar-refractivity contribution in [1.82, 2.24) is 5.32 Å². The van der Waals surface area contributed by atoms with E-state index in [9.17, 15) is 14.4 Å². The van der Waals surface area contributed by atoms with Crippen molar-refractivity contribution in [2.45, 2.75) is 62.3 Å². The fourth-order valence-corrected chi connectivity index (χ4v) is 5.17. The number of rotatable bonds is 10. The van der Waals surface area contributed by atoms with Crippen LogP contribution in [0.2, 0.25) is 0 Å². The lowest BCUT2D eigenvalue weighted by molar-refractivity contribution is -0.144. The van der Waals surface area contributed by atoms with Gasteiger partial charge in [-0.05, 0) is 37.5 Å². The van der Waals surface area contributed by atoms with E-state index in [0.717, 1.165) is 5.92 Å². The number of carboxylic acids is 1. The highest BCUT2D eigenvalue weighted by Gasteiger charge is 2.39. The maximum absolute atomic E-state index is 12.0. The number of carbonyl (C=O) groups is 3. The molecule has 7 nitrogen and oxygen atoms in total. The van der Waals surface area contributed by atoms with Crippen LogP contribution in [-0.4, -0.2) is 53.1 Å². The van der Waals surface area contributed by atoms with E-state index in [1.807, 2.05) is 0 Å². The molecule has 0 aliphatic heterocycles. The molecular weight excluding hydrogens is 344 g/mol. The van der Waals surface area contributed by atoms with Crippen LogP contribution in [-0.2, 0) is 19.1 Å². The first kappa shape index (κ1) is 20.0. The zero-order chi connectivity index (χ0) is 18.4. The summed E-state index contributed by atoms with van der Waals surface area (Å²) in [5.74, 6) is -0.471. The summed E-state index contributed by atoms with van der Waals surface area (Å²) in [5.41, 5.74) is 5.57. The standard InChI is InChI=1S/C17H28N2O5S/c1-24-17(23)13(19-16(22)12(18)8-14(20)21)9-25-15(11-6-7-11)10-4-2-3-5-10/h10-13,15H,2-9,18H2,1H3,(H,19,22)(H,20,21)/t12-,13-,15?/m0/s1. The summed E-state index contributed by atoms with van der Waals surface area (Å²) in [5, 5.41) is 11.8. The number of hydrogen-bond acceptors (Lipinski definition) is 6. The van der Waals surface area contributed by atoms with Crippen LogP contribution in [0.3, 0.4) is 0 Å². The molecule has 2 fully saturated rings. The molecule has 2 aliphatic rings. The number of ether oxygens (including phenoxy) is 1. The quantitative estimate of drug-likeness (QED) is 0.492. The lowest BCUT2D eigenvalue weighted by Crippen LogP contribution is -2.50. The van der Waals surface area contributed by atoms with E-state index in [-0.39, 0.29) is 0 Å². The predicted octanol–water partition coefficient (Wildman–Crippen LogP) is 1.15. The van der Waals surface area contributed by atoms with E-state index >= 15 is 0 Å². The first-order valence-electron chi connectivity index (χ1n) is 8.89. The molecule has 2 aliphatic carbocycles. The molecule has 142 valence electrons. The maximum atomic E-state index is 12.0. The Morgan fingerprint density at radius 1 is 1.20 bits per heavy atom. The lowest BCUT2D eigenvalue weighted by Gasteiger charge is -2.25. The van der Waals surface area contributed by atoms with Crippen molar-refractivity contribution in [1.29, 1.82) is 0 Å². The smallest absolute Gasteiger partial charge is 0.329 e. The van der Waals surface area contributed by atoms with Crippen molar-refractivity contribution in [3.05, 3.63) is 0 Å². The fourth-order valence-electron chi connectivity index (χ4n) is 3.45. The van der Waals surface area contributed by atoms with Gasteiger partial charge in [0.15, 0.2) is 0 Å². The van der Waals surface area contributed by atoms with E-state index in [4.69, 9.17) is 15.6 Å². The highest BCUT2D eigenvalue weighted by atomic mass is 32.2. The summed E-state index contributed by atoms with van der Waals surface area (Å²) in [4.78, 5) is 34.7. The zero-order valence-electron chi connectivity index (χ0n) is 14.6. The predicted molar refractivity (Wildman–Crippen MR) is 95.1 cm³/mol. The number of aliphatic carboxylic acids is 1. The van der Waals surface area contributed by atoms with Crippen LogP contribution in [0.15, 0.2) is 0 Å². The first-order valence-corrected chi connectivity index (χ1v) is 9.94. The Labute approximate surface area is 152 Å². The van der Waals surface area contributed by atoms with Gasteiger partial charge in [0.1, 0.15) is 6.04 Å². The van der Waals surface area contributed by atoms with Gasteiger partial charge in [-0.2, -0.15) is 11.8 Å². The molecule has 0 aromatic carbocycles. The minimum atomic E-state index is -1.18. The number of thioether (sulfide) groups is 1. The molecule has 2 saturated carbocycles. The summed E-state index contributed by atoms with van der Waals surface area (Å²) in [7, 11) is 1.28. The van der Waals surface area contributed by atoms with Gasteiger partial charge in [0, 0.05) is 11.0 Å². The largest absolute Gasteiger partial charge is 0.481 e. The van der Waals surface area contributed by atoms with Crippen LogP contribution >= 0.6 is 11.8 Å². The van der Waals surface area contributed by atoms with Crippen LogP contribution in [0.4, 0.5) is 0 Å². The number of carbonyl (C=O) groups excluding carboxylic acids is 2. The van der Waals surface area contributed by atoms with Crippen LogP contribution in [0.25, 0.3) is 0 Å². The summed E-state index contributed by atoms with van der Waals surface area (Å²) >= 11 is 1.74. The van der Waals surface area contributed by atoms with Crippen molar-refractivity contribution in [3.63, 3.8) is 0 Å². The van der Waals surface area contributed by atoms with Crippen LogP contribution < -0.4 is 11.1 Å². The molecule has 0 bridgehead atoms. The molecule has 0 saturated heterocycles. The van der Waals surface area contributed by atoms with E-state index in [0.29, 0.717) is 16.9 Å². The van der Waals surface area contributed by atoms with Gasteiger partial charge in [0.25, 0.3) is 0 Å². The van der Waals surface area contributed by atoms with E-state index in [2.05, 4.69) is 5.32 Å². The number of nitrogens with two attached hydrogens (primary N) is 1. The van der Waals surface area contributed by atoms with Crippen LogP contribution in [0.1, 0.15) is 44.9 Å². The number of amides is 1. The summed E-state index contributed by atoms with van der Waals surface area (Å²) in [6.45, 7) is 0. The molecule has 0 aromatic heterocycles. The van der Waals surface area contributed by atoms with Crippen molar-refractivity contribution < 1.29 is 24.2 Å². The third-order valence-corrected chi connectivity index (χ3v) is 6.62. The van der Waals surface area contributed by atoms with Gasteiger partial charge in [0.05, 0.1) is 19.6 Å². The first-order chi connectivity index (χ1) is 11.9. The van der Waals surface area contributed by atoms with Gasteiger partial charge in [-0.15, -0.1) is 0 Å². The van der Waals surface area contributed by atoms with Gasteiger partial charge in [-0.25, -0.2) is 4.79 Å². The average molecular weight is 372 g/mol. The molecule has 3 atom stereocenters. The Balaban J connectivity index is 1.91. The minimum absolute atomic E-state index is 0.426. The Morgan fingerprint density at radius 2 is 1.80 bits per heavy atom. The Kier molecular flexibility index (Phi) is 7.56. The van der Waals surface area contributed by atoms with E-state index < -0.39 is 36.4 Å². The Hall–Kier alpha value is -1.28. The molecule has 8 heteroatoms. The molecule has 25 heavy (non-hydrogen) atoms. The van der Waals surface area contributed by atoms with Gasteiger partial charge in [-0.1, -0.05) is 12.8 Å². The maximum Gasteiger partial charge on any atom is 0.329 e. The average Bonchev–Trinajstić information content (AvgIpc) is 3.26. The number of methoxy groups -OCH3 is 1. The third kappa shape index (κ3) is 6.18. The summed E-state index contributed by atoms with van der Waals surface area (Å²) in [6, 6.07) is -1.98. The molecule has 1 unspecified atom stereocenters. The number of esters is 1. The molecular formula is C17H28N2O5S. The topological polar surface area (TPSA) is 119 Å². The highest BCUT2D eigenvalue weighted by molar-refractivity contribution is 8.00. The SMILES string of the molecule is COC(=O)[C@H](CSC(C1CCCC1)C1CC1)NC(=O)[C@@H](N)CC(=O)O. The van der Waals surface area contributed by atoms with Gasteiger partial charge >= 0.3 is 11.9 Å². The number of hydrogen-bond donors (Lipinski definition) is 3. The van der Waals surface area contributed by atoms with Gasteiger partial charge in [0.2, 0.25) is 5.91 Å². The molecule has 4 N–H and O–H groups in total. The van der Waals surface area contributed by atoms with Crippen molar-refractivity contribution >= 4 is 29.6 Å². The normalized spacial score (nSPS) is 21.4. The number of nitrogens with one attached hydrogen (secondary N) is 1. The number of carboxylic acid groups (broad SMARTS) is 1. The fraction of sp³-hybridized carbons (Fsp3) is 0.824. The summed E-state index contributed by atoms with van der Waals surface area (Å²) in [6.07, 6.45) is 7.05. The molecule has 1 amide bonds. The third-order valence-electron chi connectivity index (χ3n) is 4.94.